The van der Waals surface area contributed by atoms with Crippen LogP contribution < -0.4 is 5.32 Å². The van der Waals surface area contributed by atoms with Gasteiger partial charge in [0.2, 0.25) is 5.91 Å². The Kier molecular flexibility index (Phi) is 8.23. The van der Waals surface area contributed by atoms with E-state index in [9.17, 15) is 19.5 Å². The van der Waals surface area contributed by atoms with Crippen LogP contribution in [0.25, 0.3) is 0 Å². The number of aliphatic carboxylic acids is 1. The second-order valence-electron chi connectivity index (χ2n) is 4.32. The number of rotatable bonds is 10. The molecule has 0 aromatic heterocycles. The van der Waals surface area contributed by atoms with Crippen molar-refractivity contribution in [3.8, 4) is 0 Å². The van der Waals surface area contributed by atoms with Gasteiger partial charge in [-0.3, -0.25) is 9.59 Å². The Morgan fingerprint density at radius 3 is 2.50 bits per heavy atom. The molecule has 0 aromatic carbocycles. The van der Waals surface area contributed by atoms with E-state index in [2.05, 4.69) is 16.6 Å². The number of aliphatic hydroxyl groups excluding tert-OH is 1. The summed E-state index contributed by atoms with van der Waals surface area (Å²) in [5.74, 6) is -2.04. The van der Waals surface area contributed by atoms with Crippen molar-refractivity contribution in [2.75, 3.05) is 19.8 Å². The van der Waals surface area contributed by atoms with Gasteiger partial charge in [0.25, 0.3) is 0 Å². The van der Waals surface area contributed by atoms with Gasteiger partial charge in [-0.05, 0) is 12.8 Å². The number of carboxylic acid groups (broad SMARTS) is 1. The molecule has 0 radical (unpaired) electrons. The fourth-order valence-corrected chi connectivity index (χ4v) is 1.54. The van der Waals surface area contributed by atoms with Gasteiger partial charge in [0.15, 0.2) is 0 Å². The molecule has 1 atom stereocenters. The molecule has 0 spiro atoms. The van der Waals surface area contributed by atoms with Gasteiger partial charge < -0.3 is 20.3 Å². The Labute approximate surface area is 117 Å². The summed E-state index contributed by atoms with van der Waals surface area (Å²) in [6.45, 7) is 4.53. The summed E-state index contributed by atoms with van der Waals surface area (Å²) in [6, 6.07) is 0. The first-order chi connectivity index (χ1) is 9.41. The Morgan fingerprint density at radius 1 is 1.40 bits per heavy atom. The smallest absolute Gasteiger partial charge is 0.330 e. The predicted octanol–water partition coefficient (Wildman–Crippen LogP) is 0.0853. The molecule has 0 saturated carbocycles. The molecule has 20 heavy (non-hydrogen) atoms. The van der Waals surface area contributed by atoms with E-state index in [0.29, 0.717) is 0 Å². The molecule has 0 saturated heterocycles. The summed E-state index contributed by atoms with van der Waals surface area (Å²) in [4.78, 5) is 33.3. The van der Waals surface area contributed by atoms with E-state index in [1.165, 1.54) is 0 Å². The zero-order chi connectivity index (χ0) is 15.6. The fraction of sp³-hybridized carbons (Fsp3) is 0.615. The Balaban J connectivity index is 4.06. The first-order valence-corrected chi connectivity index (χ1v) is 6.32. The lowest BCUT2D eigenvalue weighted by atomic mass is 9.81. The maximum atomic E-state index is 11.5. The van der Waals surface area contributed by atoms with Crippen LogP contribution in [0, 0.1) is 5.41 Å². The molecule has 0 aliphatic heterocycles. The van der Waals surface area contributed by atoms with Gasteiger partial charge in [-0.15, -0.1) is 0 Å². The maximum Gasteiger partial charge on any atom is 0.330 e. The molecular weight excluding hydrogens is 266 g/mol. The first-order valence-electron chi connectivity index (χ1n) is 6.32. The molecule has 0 rings (SSSR count). The van der Waals surface area contributed by atoms with Gasteiger partial charge in [0, 0.05) is 12.5 Å². The lowest BCUT2D eigenvalue weighted by molar-refractivity contribution is -0.152. The normalized spacial score (nSPS) is 13.1. The maximum absolute atomic E-state index is 11.5. The number of nitrogens with one attached hydrogen (secondary N) is 1. The van der Waals surface area contributed by atoms with Crippen molar-refractivity contribution in [3.63, 3.8) is 0 Å². The standard InChI is InChI=1S/C13H21NO6/c1-3-11(17)20-8-7-14-10(16)5-6-13(4-2,9-15)12(18)19/h3,15H,1,4-9H2,2H3,(H,14,16)(H,18,19). The summed E-state index contributed by atoms with van der Waals surface area (Å²) >= 11 is 0. The van der Waals surface area contributed by atoms with E-state index in [-0.39, 0.29) is 38.3 Å². The highest BCUT2D eigenvalue weighted by Crippen LogP contribution is 2.27. The van der Waals surface area contributed by atoms with Crippen LogP contribution in [0.2, 0.25) is 0 Å². The molecule has 114 valence electrons. The van der Waals surface area contributed by atoms with Gasteiger partial charge in [-0.25, -0.2) is 4.79 Å². The highest BCUT2D eigenvalue weighted by molar-refractivity contribution is 5.81. The monoisotopic (exact) mass is 287 g/mol. The van der Waals surface area contributed by atoms with E-state index in [1.54, 1.807) is 6.92 Å². The van der Waals surface area contributed by atoms with Crippen LogP contribution >= 0.6 is 0 Å². The van der Waals surface area contributed by atoms with Crippen molar-refractivity contribution in [1.29, 1.82) is 0 Å². The topological polar surface area (TPSA) is 113 Å². The second kappa shape index (κ2) is 9.08. The number of esters is 1. The zero-order valence-corrected chi connectivity index (χ0v) is 11.6. The molecule has 3 N–H and O–H groups in total. The molecule has 0 heterocycles. The average Bonchev–Trinajstić information content (AvgIpc) is 2.44. The third-order valence-electron chi connectivity index (χ3n) is 3.10. The van der Waals surface area contributed by atoms with Crippen LogP contribution in [0.5, 0.6) is 0 Å². The molecule has 1 amide bonds. The van der Waals surface area contributed by atoms with E-state index in [1.807, 2.05) is 0 Å². The molecule has 0 aromatic rings. The molecule has 0 aliphatic rings. The number of carboxylic acids is 1. The summed E-state index contributed by atoms with van der Waals surface area (Å²) in [5.41, 5.74) is -1.29. The number of hydrogen-bond acceptors (Lipinski definition) is 5. The Hall–Kier alpha value is -1.89. The van der Waals surface area contributed by atoms with Gasteiger partial charge in [0.05, 0.1) is 18.6 Å². The first kappa shape index (κ1) is 18.1. The van der Waals surface area contributed by atoms with Crippen molar-refractivity contribution in [1.82, 2.24) is 5.32 Å². The van der Waals surface area contributed by atoms with Gasteiger partial charge in [-0.2, -0.15) is 0 Å². The number of hydrogen-bond donors (Lipinski definition) is 3. The van der Waals surface area contributed by atoms with Crippen LogP contribution in [0.3, 0.4) is 0 Å². The van der Waals surface area contributed by atoms with Crippen molar-refractivity contribution < 1.29 is 29.3 Å². The van der Waals surface area contributed by atoms with Crippen molar-refractivity contribution >= 4 is 17.8 Å². The van der Waals surface area contributed by atoms with Gasteiger partial charge >= 0.3 is 11.9 Å². The third-order valence-corrected chi connectivity index (χ3v) is 3.10. The van der Waals surface area contributed by atoms with Crippen molar-refractivity contribution in [3.05, 3.63) is 12.7 Å². The minimum Gasteiger partial charge on any atom is -0.481 e. The van der Waals surface area contributed by atoms with Crippen molar-refractivity contribution in [2.24, 2.45) is 5.41 Å². The number of amides is 1. The number of ether oxygens (including phenoxy) is 1. The summed E-state index contributed by atoms with van der Waals surface area (Å²) in [5, 5.41) is 20.8. The van der Waals surface area contributed by atoms with Crippen LogP contribution in [-0.4, -0.2) is 47.8 Å². The average molecular weight is 287 g/mol. The summed E-state index contributed by atoms with van der Waals surface area (Å²) in [6.07, 6.45) is 1.29. The van der Waals surface area contributed by atoms with Crippen molar-refractivity contribution in [2.45, 2.75) is 26.2 Å². The lowest BCUT2D eigenvalue weighted by Crippen LogP contribution is -2.36. The zero-order valence-electron chi connectivity index (χ0n) is 11.6. The fourth-order valence-electron chi connectivity index (χ4n) is 1.54. The van der Waals surface area contributed by atoms with E-state index in [0.717, 1.165) is 6.08 Å². The highest BCUT2D eigenvalue weighted by atomic mass is 16.5. The molecule has 7 heteroatoms. The quantitative estimate of drug-likeness (QED) is 0.298. The van der Waals surface area contributed by atoms with Crippen LogP contribution in [0.15, 0.2) is 12.7 Å². The Bertz CT molecular complexity index is 362. The number of carbonyl (C=O) groups excluding carboxylic acids is 2. The summed E-state index contributed by atoms with van der Waals surface area (Å²) in [7, 11) is 0. The molecule has 0 aliphatic carbocycles. The molecule has 7 nitrogen and oxygen atoms in total. The molecule has 0 bridgehead atoms. The van der Waals surface area contributed by atoms with Crippen LogP contribution in [-0.2, 0) is 19.1 Å². The number of carbonyl (C=O) groups is 3. The lowest BCUT2D eigenvalue weighted by Gasteiger charge is -2.25. The minimum absolute atomic E-state index is 0.0178. The minimum atomic E-state index is -1.29. The highest BCUT2D eigenvalue weighted by Gasteiger charge is 2.36. The second-order valence-corrected chi connectivity index (χ2v) is 4.32. The van der Waals surface area contributed by atoms with E-state index < -0.39 is 24.0 Å². The molecular formula is C13H21NO6. The largest absolute Gasteiger partial charge is 0.481 e. The van der Waals surface area contributed by atoms with E-state index >= 15 is 0 Å². The van der Waals surface area contributed by atoms with Crippen LogP contribution in [0.4, 0.5) is 0 Å². The SMILES string of the molecule is C=CC(=O)OCCNC(=O)CCC(CC)(CO)C(=O)O. The summed E-state index contributed by atoms with van der Waals surface area (Å²) < 4.78 is 4.66. The van der Waals surface area contributed by atoms with E-state index in [4.69, 9.17) is 5.11 Å². The Morgan fingerprint density at radius 2 is 2.05 bits per heavy atom. The number of aliphatic hydroxyl groups is 1. The van der Waals surface area contributed by atoms with Gasteiger partial charge in [-0.1, -0.05) is 13.5 Å². The third kappa shape index (κ3) is 5.83. The van der Waals surface area contributed by atoms with Crippen LogP contribution in [0.1, 0.15) is 26.2 Å². The predicted molar refractivity (Wildman–Crippen MR) is 70.8 cm³/mol. The molecule has 1 unspecified atom stereocenters. The molecule has 0 fully saturated rings. The van der Waals surface area contributed by atoms with Gasteiger partial charge in [0.1, 0.15) is 6.61 Å².